The van der Waals surface area contributed by atoms with E-state index in [1.807, 2.05) is 0 Å². The number of aliphatic hydroxyl groups is 1. The third-order valence-corrected chi connectivity index (χ3v) is 8.06. The lowest BCUT2D eigenvalue weighted by Crippen LogP contribution is -2.36. The molecule has 3 rings (SSSR count). The van der Waals surface area contributed by atoms with Crippen LogP contribution in [0.15, 0.2) is 35.5 Å². The quantitative estimate of drug-likeness (QED) is 0.494. The zero-order chi connectivity index (χ0) is 25.3. The van der Waals surface area contributed by atoms with E-state index in [0.717, 1.165) is 31.3 Å². The Balaban J connectivity index is 1.65. The first-order valence-corrected chi connectivity index (χ1v) is 11.5. The van der Waals surface area contributed by atoms with Crippen molar-refractivity contribution >= 4 is 0 Å². The van der Waals surface area contributed by atoms with Crippen molar-refractivity contribution < 1.29 is 13.3 Å². The van der Waals surface area contributed by atoms with Gasteiger partial charge < -0.3 is 5.11 Å². The average Bonchev–Trinajstić information content (AvgIpc) is 3.07. The molecule has 1 nitrogen and oxygen atoms in total. The van der Waals surface area contributed by atoms with E-state index in [1.54, 1.807) is 0 Å². The van der Waals surface area contributed by atoms with Crippen molar-refractivity contribution in [1.82, 2.24) is 0 Å². The molecule has 3 fully saturated rings. The molecule has 0 aromatic rings. The van der Waals surface area contributed by atoms with Gasteiger partial charge in [-0.15, -0.1) is 0 Å². The van der Waals surface area contributed by atoms with Crippen molar-refractivity contribution in [3.05, 3.63) is 35.5 Å². The molecule has 0 aromatic heterocycles. The molecule has 0 heterocycles. The van der Waals surface area contributed by atoms with Gasteiger partial charge in [-0.05, 0) is 86.0 Å². The second-order valence-corrected chi connectivity index (χ2v) is 9.99. The number of allylic oxidation sites excluding steroid dienone is 4. The maximum atomic E-state index is 10.1. The number of fused-ring (bicyclic) bond motifs is 1. The van der Waals surface area contributed by atoms with Gasteiger partial charge in [0.15, 0.2) is 0 Å². The van der Waals surface area contributed by atoms with E-state index < -0.39 is 19.6 Å². The fourth-order valence-corrected chi connectivity index (χ4v) is 6.45. The van der Waals surface area contributed by atoms with Crippen LogP contribution in [-0.4, -0.2) is 11.2 Å². The van der Waals surface area contributed by atoms with E-state index in [0.29, 0.717) is 30.6 Å². The summed E-state index contributed by atoms with van der Waals surface area (Å²) in [5.74, 6) is 0.378. The molecule has 3 saturated carbocycles. The Bertz CT molecular complexity index is 778. The Hall–Kier alpha value is -0.820. The summed E-state index contributed by atoms with van der Waals surface area (Å²) in [6.45, 7) is 4.06. The fourth-order valence-electron chi connectivity index (χ4n) is 6.45. The summed E-state index contributed by atoms with van der Waals surface area (Å²) in [6.07, 6.45) is 14.4. The lowest BCUT2D eigenvalue weighted by atomic mass is 9.60. The highest BCUT2D eigenvalue weighted by atomic mass is 16.3. The van der Waals surface area contributed by atoms with E-state index in [1.165, 1.54) is 36.8 Å². The molecule has 0 bridgehead atoms. The first-order chi connectivity index (χ1) is 15.7. The maximum absolute atomic E-state index is 10.1. The lowest BCUT2D eigenvalue weighted by Gasteiger charge is -2.44. The number of hydrogen-bond donors (Lipinski definition) is 1. The molecule has 0 amide bonds. The normalized spacial score (nSPS) is 41.7. The SMILES string of the molecule is [2H]C([2H])([2H])C(CCCC(C)C1CCC2C(=CC=C3CC(O)CCC3=C)CCC[C@@]21C)C([2H])([2H])[2H]. The highest BCUT2D eigenvalue weighted by Crippen LogP contribution is 2.59. The molecule has 3 aliphatic carbocycles. The molecule has 0 aromatic carbocycles. The van der Waals surface area contributed by atoms with Gasteiger partial charge in [-0.2, -0.15) is 0 Å². The Labute approximate surface area is 182 Å². The molecule has 4 unspecified atom stereocenters. The molecule has 3 aliphatic rings. The first-order valence-electron chi connectivity index (χ1n) is 14.5. The van der Waals surface area contributed by atoms with Gasteiger partial charge in [0.25, 0.3) is 0 Å². The third kappa shape index (κ3) is 4.84. The molecule has 28 heavy (non-hydrogen) atoms. The van der Waals surface area contributed by atoms with Crippen LogP contribution in [0.25, 0.3) is 0 Å². The molecule has 158 valence electrons. The van der Waals surface area contributed by atoms with Crippen molar-refractivity contribution in [3.8, 4) is 0 Å². The molecule has 0 aliphatic heterocycles. The zero-order valence-electron chi connectivity index (χ0n) is 24.0. The highest BCUT2D eigenvalue weighted by Gasteiger charge is 2.50. The molecule has 0 spiro atoms. The third-order valence-electron chi connectivity index (χ3n) is 8.06. The number of rotatable bonds is 6. The van der Waals surface area contributed by atoms with Crippen LogP contribution in [-0.2, 0) is 0 Å². The predicted molar refractivity (Wildman–Crippen MR) is 121 cm³/mol. The fraction of sp³-hybridized carbons (Fsp3) is 0.778. The Morgan fingerprint density at radius 1 is 1.21 bits per heavy atom. The van der Waals surface area contributed by atoms with E-state index >= 15 is 0 Å². The standard InChI is InChI=1S/C27H44O/c1-19(2)8-6-9-21(4)25-15-16-26-22(10-7-17-27(25,26)5)12-13-23-18-24(28)14-11-20(23)3/h12-13,19,21,24-26,28H,3,6-11,14-18H2,1-2,4-5H3/t21?,24?,25?,26?,27-/m1/s1/i1D3,2D3. The molecule has 0 radical (unpaired) electrons. The van der Waals surface area contributed by atoms with Gasteiger partial charge in [-0.25, -0.2) is 0 Å². The zero-order valence-corrected chi connectivity index (χ0v) is 18.0. The van der Waals surface area contributed by atoms with Crippen LogP contribution in [0.2, 0.25) is 0 Å². The van der Waals surface area contributed by atoms with Crippen LogP contribution >= 0.6 is 0 Å². The van der Waals surface area contributed by atoms with Crippen molar-refractivity contribution in [2.24, 2.45) is 29.1 Å². The summed E-state index contributed by atoms with van der Waals surface area (Å²) in [7, 11) is 0. The van der Waals surface area contributed by atoms with Crippen LogP contribution < -0.4 is 0 Å². The molecular weight excluding hydrogens is 340 g/mol. The van der Waals surface area contributed by atoms with Crippen molar-refractivity contribution in [1.29, 1.82) is 0 Å². The number of aliphatic hydroxyl groups excluding tert-OH is 1. The van der Waals surface area contributed by atoms with Crippen LogP contribution in [0.1, 0.15) is 106 Å². The first kappa shape index (κ1) is 15.1. The minimum Gasteiger partial charge on any atom is -0.393 e. The van der Waals surface area contributed by atoms with Crippen LogP contribution in [0.5, 0.6) is 0 Å². The Kier molecular flexibility index (Phi) is 5.02. The average molecular weight is 391 g/mol. The predicted octanol–water partition coefficient (Wildman–Crippen LogP) is 7.62. The second kappa shape index (κ2) is 9.33. The highest BCUT2D eigenvalue weighted by molar-refractivity contribution is 5.36. The van der Waals surface area contributed by atoms with E-state index in [4.69, 9.17) is 8.22 Å². The summed E-state index contributed by atoms with van der Waals surface area (Å²) >= 11 is 0. The second-order valence-electron chi connectivity index (χ2n) is 9.99. The summed E-state index contributed by atoms with van der Waals surface area (Å²) in [5, 5.41) is 10.1. The summed E-state index contributed by atoms with van der Waals surface area (Å²) in [4.78, 5) is 0. The van der Waals surface area contributed by atoms with E-state index in [2.05, 4.69) is 32.6 Å². The maximum Gasteiger partial charge on any atom is 0.0583 e. The minimum atomic E-state index is -2.43. The topological polar surface area (TPSA) is 20.2 Å². The van der Waals surface area contributed by atoms with Gasteiger partial charge in [0.2, 0.25) is 0 Å². The van der Waals surface area contributed by atoms with Crippen molar-refractivity contribution in [2.45, 2.75) is 104 Å². The molecule has 5 atom stereocenters. The summed E-state index contributed by atoms with van der Waals surface area (Å²) in [5.41, 5.74) is 4.14. The van der Waals surface area contributed by atoms with Crippen molar-refractivity contribution in [2.75, 3.05) is 0 Å². The van der Waals surface area contributed by atoms with Crippen molar-refractivity contribution in [3.63, 3.8) is 0 Å². The van der Waals surface area contributed by atoms with Gasteiger partial charge in [-0.1, -0.05) is 76.7 Å². The molecule has 1 N–H and O–H groups in total. The summed E-state index contributed by atoms with van der Waals surface area (Å²) in [6, 6.07) is 0. The smallest absolute Gasteiger partial charge is 0.0583 e. The van der Waals surface area contributed by atoms with Crippen LogP contribution in [0.3, 0.4) is 0 Å². The minimum absolute atomic E-state index is 0.235. The van der Waals surface area contributed by atoms with Gasteiger partial charge in [0, 0.05) is 8.22 Å². The van der Waals surface area contributed by atoms with Gasteiger partial charge in [0.1, 0.15) is 0 Å². The molecular formula is C27H44O. The largest absolute Gasteiger partial charge is 0.393 e. The van der Waals surface area contributed by atoms with E-state index in [-0.39, 0.29) is 17.9 Å². The van der Waals surface area contributed by atoms with Crippen LogP contribution in [0.4, 0.5) is 0 Å². The van der Waals surface area contributed by atoms with E-state index in [9.17, 15) is 5.11 Å². The van der Waals surface area contributed by atoms with Crippen LogP contribution in [0, 0.1) is 29.1 Å². The molecule has 1 heteroatoms. The van der Waals surface area contributed by atoms with Gasteiger partial charge >= 0.3 is 0 Å². The Morgan fingerprint density at radius 3 is 2.82 bits per heavy atom. The Morgan fingerprint density at radius 2 is 2.04 bits per heavy atom. The van der Waals surface area contributed by atoms with Gasteiger partial charge in [-0.3, -0.25) is 0 Å². The number of hydrogen-bond acceptors (Lipinski definition) is 1. The van der Waals surface area contributed by atoms with Gasteiger partial charge in [0.05, 0.1) is 6.10 Å². The monoisotopic (exact) mass is 390 g/mol. The summed E-state index contributed by atoms with van der Waals surface area (Å²) < 4.78 is 45.9. The molecule has 0 saturated heterocycles. The lowest BCUT2D eigenvalue weighted by molar-refractivity contribution is 0.0929.